The Hall–Kier alpha value is -1.84. The number of methoxy groups -OCH3 is 1. The van der Waals surface area contributed by atoms with Crippen LogP contribution in [0.5, 0.6) is 5.75 Å². The Labute approximate surface area is 227 Å². The van der Waals surface area contributed by atoms with Gasteiger partial charge in [0.2, 0.25) is 10.0 Å². The number of halogens is 3. The molecular formula is C26H27Cl3N2O4S. The molecule has 0 N–H and O–H groups in total. The van der Waals surface area contributed by atoms with Gasteiger partial charge in [-0.1, -0.05) is 59.1 Å². The topological polar surface area (TPSA) is 59.1 Å². The molecule has 0 amide bonds. The number of benzene rings is 3. The molecule has 1 fully saturated rings. The average Bonchev–Trinajstić information content (AvgIpc) is 2.88. The number of piperazine rings is 1. The maximum Gasteiger partial charge on any atom is 0.246 e. The molecule has 0 spiro atoms. The van der Waals surface area contributed by atoms with Crippen LogP contribution in [0.4, 0.5) is 0 Å². The lowest BCUT2D eigenvalue weighted by molar-refractivity contribution is 0.0527. The van der Waals surface area contributed by atoms with Gasteiger partial charge in [0.15, 0.2) is 0 Å². The van der Waals surface area contributed by atoms with Gasteiger partial charge in [-0.2, -0.15) is 4.31 Å². The standard InChI is InChI=1S/C26H27Cl3N2O4S/c1-34-24-11-10-23(29)18-25(24)36(32,33)31-14-12-30(13-15-31)16-17-35-26(19-2-6-21(27)7-3-19)20-4-8-22(28)9-5-20/h2-11,18,26H,12-17H2,1H3. The van der Waals surface area contributed by atoms with E-state index in [1.54, 1.807) is 12.1 Å². The molecule has 0 atom stereocenters. The molecule has 0 aromatic heterocycles. The fourth-order valence-electron chi connectivity index (χ4n) is 4.14. The number of hydrogen-bond acceptors (Lipinski definition) is 5. The lowest BCUT2D eigenvalue weighted by atomic mass is 10.0. The molecule has 0 aliphatic carbocycles. The first-order valence-corrected chi connectivity index (χ1v) is 14.0. The van der Waals surface area contributed by atoms with Gasteiger partial charge < -0.3 is 9.47 Å². The van der Waals surface area contributed by atoms with Crippen LogP contribution in [0.1, 0.15) is 17.2 Å². The van der Waals surface area contributed by atoms with Gasteiger partial charge in [-0.05, 0) is 53.6 Å². The van der Waals surface area contributed by atoms with Crippen molar-refractivity contribution in [1.82, 2.24) is 9.21 Å². The monoisotopic (exact) mass is 568 g/mol. The average molecular weight is 570 g/mol. The Morgan fingerprint density at radius 1 is 0.806 bits per heavy atom. The molecule has 3 aromatic carbocycles. The van der Waals surface area contributed by atoms with Gasteiger partial charge >= 0.3 is 0 Å². The van der Waals surface area contributed by atoms with Crippen LogP contribution in [-0.4, -0.2) is 64.1 Å². The van der Waals surface area contributed by atoms with E-state index in [0.717, 1.165) is 11.1 Å². The second-order valence-electron chi connectivity index (χ2n) is 8.39. The quantitative estimate of drug-likeness (QED) is 0.328. The molecule has 1 aliphatic heterocycles. The molecule has 3 aromatic rings. The minimum Gasteiger partial charge on any atom is -0.495 e. The third-order valence-electron chi connectivity index (χ3n) is 6.11. The van der Waals surface area contributed by atoms with Gasteiger partial charge in [-0.25, -0.2) is 8.42 Å². The van der Waals surface area contributed by atoms with Crippen molar-refractivity contribution in [3.63, 3.8) is 0 Å². The Morgan fingerprint density at radius 2 is 1.33 bits per heavy atom. The van der Waals surface area contributed by atoms with Crippen molar-refractivity contribution in [2.45, 2.75) is 11.0 Å². The molecule has 6 nitrogen and oxygen atoms in total. The molecule has 1 aliphatic rings. The second-order valence-corrected chi connectivity index (χ2v) is 11.6. The normalized spacial score (nSPS) is 15.4. The summed E-state index contributed by atoms with van der Waals surface area (Å²) in [6, 6.07) is 19.8. The van der Waals surface area contributed by atoms with Gasteiger partial charge in [-0.15, -0.1) is 0 Å². The van der Waals surface area contributed by atoms with Crippen molar-refractivity contribution in [1.29, 1.82) is 0 Å². The van der Waals surface area contributed by atoms with Gasteiger partial charge in [0.25, 0.3) is 0 Å². The van der Waals surface area contributed by atoms with Gasteiger partial charge in [0.05, 0.1) is 13.7 Å². The Morgan fingerprint density at radius 3 is 1.86 bits per heavy atom. The van der Waals surface area contributed by atoms with Crippen LogP contribution in [0.25, 0.3) is 0 Å². The molecule has 1 saturated heterocycles. The maximum atomic E-state index is 13.2. The van der Waals surface area contributed by atoms with Gasteiger partial charge in [0.1, 0.15) is 16.7 Å². The summed E-state index contributed by atoms with van der Waals surface area (Å²) in [4.78, 5) is 2.28. The smallest absolute Gasteiger partial charge is 0.246 e. The van der Waals surface area contributed by atoms with Crippen molar-refractivity contribution < 1.29 is 17.9 Å². The molecule has 0 saturated carbocycles. The van der Waals surface area contributed by atoms with Crippen LogP contribution in [-0.2, 0) is 14.8 Å². The fourth-order valence-corrected chi connectivity index (χ4v) is 6.24. The summed E-state index contributed by atoms with van der Waals surface area (Å²) in [5.41, 5.74) is 1.99. The van der Waals surface area contributed by atoms with Crippen molar-refractivity contribution in [2.24, 2.45) is 0 Å². The second kappa shape index (κ2) is 12.1. The lowest BCUT2D eigenvalue weighted by Gasteiger charge is -2.34. The predicted molar refractivity (Wildman–Crippen MR) is 144 cm³/mol. The summed E-state index contributed by atoms with van der Waals surface area (Å²) >= 11 is 18.2. The molecule has 1 heterocycles. The van der Waals surface area contributed by atoms with Crippen LogP contribution < -0.4 is 4.74 Å². The van der Waals surface area contributed by atoms with E-state index in [-0.39, 0.29) is 16.7 Å². The van der Waals surface area contributed by atoms with Gasteiger partial charge in [0, 0.05) is 47.8 Å². The molecule has 36 heavy (non-hydrogen) atoms. The molecule has 0 bridgehead atoms. The first kappa shape index (κ1) is 27.2. The summed E-state index contributed by atoms with van der Waals surface area (Å²) in [6.07, 6.45) is -0.267. The van der Waals surface area contributed by atoms with Gasteiger partial charge in [-0.3, -0.25) is 4.90 Å². The van der Waals surface area contributed by atoms with E-state index in [4.69, 9.17) is 44.3 Å². The highest BCUT2D eigenvalue weighted by atomic mass is 35.5. The molecule has 4 rings (SSSR count). The highest BCUT2D eigenvalue weighted by molar-refractivity contribution is 7.89. The van der Waals surface area contributed by atoms with Crippen molar-refractivity contribution in [2.75, 3.05) is 46.4 Å². The van der Waals surface area contributed by atoms with E-state index in [9.17, 15) is 8.42 Å². The van der Waals surface area contributed by atoms with Crippen LogP contribution in [0, 0.1) is 0 Å². The third kappa shape index (κ3) is 6.53. The van der Waals surface area contributed by atoms with Crippen molar-refractivity contribution >= 4 is 44.8 Å². The zero-order valence-corrected chi connectivity index (χ0v) is 22.8. The highest BCUT2D eigenvalue weighted by Gasteiger charge is 2.31. The molecular weight excluding hydrogens is 543 g/mol. The zero-order chi connectivity index (χ0) is 25.7. The Kier molecular flexibility index (Phi) is 9.17. The summed E-state index contributed by atoms with van der Waals surface area (Å²) in [5.74, 6) is 0.283. The number of rotatable bonds is 9. The first-order valence-electron chi connectivity index (χ1n) is 11.5. The Balaban J connectivity index is 1.37. The van der Waals surface area contributed by atoms with Crippen molar-refractivity contribution in [3.05, 3.63) is 92.9 Å². The SMILES string of the molecule is COc1ccc(Cl)cc1S(=O)(=O)N1CCN(CCOC(c2ccc(Cl)cc2)c2ccc(Cl)cc2)CC1. The largest absolute Gasteiger partial charge is 0.495 e. The molecule has 0 unspecified atom stereocenters. The van der Waals surface area contributed by atoms with Crippen LogP contribution in [0.2, 0.25) is 15.1 Å². The first-order chi connectivity index (χ1) is 17.3. The van der Waals surface area contributed by atoms with Crippen LogP contribution >= 0.6 is 34.8 Å². The highest BCUT2D eigenvalue weighted by Crippen LogP contribution is 2.31. The Bertz CT molecular complexity index is 1220. The molecule has 0 radical (unpaired) electrons. The summed E-state index contributed by atoms with van der Waals surface area (Å²) in [6.45, 7) is 3.08. The summed E-state index contributed by atoms with van der Waals surface area (Å²) in [7, 11) is -2.27. The predicted octanol–water partition coefficient (Wildman–Crippen LogP) is 5.77. The minimum atomic E-state index is -3.72. The van der Waals surface area contributed by atoms with E-state index in [1.807, 2.05) is 48.5 Å². The number of sulfonamides is 1. The maximum absolute atomic E-state index is 13.2. The molecule has 192 valence electrons. The van der Waals surface area contributed by atoms with Crippen molar-refractivity contribution in [3.8, 4) is 5.75 Å². The molecule has 10 heteroatoms. The summed E-state index contributed by atoms with van der Waals surface area (Å²) < 4.78 is 39.5. The number of nitrogens with zero attached hydrogens (tertiary/aromatic N) is 2. The zero-order valence-electron chi connectivity index (χ0n) is 19.7. The van der Waals surface area contributed by atoms with E-state index in [0.29, 0.717) is 54.4 Å². The van der Waals surface area contributed by atoms with E-state index in [2.05, 4.69) is 4.90 Å². The van der Waals surface area contributed by atoms with Crippen LogP contribution in [0.3, 0.4) is 0 Å². The summed E-state index contributed by atoms with van der Waals surface area (Å²) in [5, 5.41) is 1.68. The number of ether oxygens (including phenoxy) is 2. The minimum absolute atomic E-state index is 0.0862. The number of hydrogen-bond donors (Lipinski definition) is 0. The lowest BCUT2D eigenvalue weighted by Crippen LogP contribution is -2.49. The van der Waals surface area contributed by atoms with E-state index < -0.39 is 10.0 Å². The fraction of sp³-hybridized carbons (Fsp3) is 0.308. The van der Waals surface area contributed by atoms with Crippen LogP contribution in [0.15, 0.2) is 71.6 Å². The third-order valence-corrected chi connectivity index (χ3v) is 8.77. The van der Waals surface area contributed by atoms with E-state index >= 15 is 0 Å². The van der Waals surface area contributed by atoms with E-state index in [1.165, 1.54) is 17.5 Å².